The molecule has 1 aliphatic carbocycles. The van der Waals surface area contributed by atoms with Crippen molar-refractivity contribution in [2.75, 3.05) is 18.0 Å². The van der Waals surface area contributed by atoms with Crippen LogP contribution in [0.25, 0.3) is 16.9 Å². The highest BCUT2D eigenvalue weighted by atomic mass is 35.5. The van der Waals surface area contributed by atoms with E-state index < -0.39 is 5.82 Å². The molecule has 2 atom stereocenters. The van der Waals surface area contributed by atoms with E-state index in [0.29, 0.717) is 36.2 Å². The van der Waals surface area contributed by atoms with Crippen LogP contribution in [0.1, 0.15) is 48.7 Å². The van der Waals surface area contributed by atoms with Gasteiger partial charge in [0.15, 0.2) is 5.65 Å². The van der Waals surface area contributed by atoms with Crippen LogP contribution in [0.15, 0.2) is 41.6 Å². The van der Waals surface area contributed by atoms with Crippen molar-refractivity contribution in [3.05, 3.63) is 74.8 Å². The van der Waals surface area contributed by atoms with Gasteiger partial charge >= 0.3 is 0 Å². The number of anilines is 1. The summed E-state index contributed by atoms with van der Waals surface area (Å²) >= 11 is 6.02. The minimum absolute atomic E-state index is 0.0977. The van der Waals surface area contributed by atoms with E-state index in [2.05, 4.69) is 21.2 Å². The molecule has 7 rings (SSSR count). The summed E-state index contributed by atoms with van der Waals surface area (Å²) in [6.07, 6.45) is 7.59. The van der Waals surface area contributed by atoms with Crippen LogP contribution in [-0.2, 0) is 22.7 Å². The van der Waals surface area contributed by atoms with Gasteiger partial charge in [-0.2, -0.15) is 5.10 Å². The summed E-state index contributed by atoms with van der Waals surface area (Å²) in [4.78, 5) is 25.0. The van der Waals surface area contributed by atoms with Crippen LogP contribution in [0.4, 0.5) is 10.2 Å². The number of nitrogens with zero attached hydrogens (tertiary/aromatic N) is 6. The fourth-order valence-corrected chi connectivity index (χ4v) is 5.28. The van der Waals surface area contributed by atoms with Crippen molar-refractivity contribution in [2.24, 2.45) is 0 Å². The van der Waals surface area contributed by atoms with Crippen molar-refractivity contribution in [1.82, 2.24) is 24.1 Å². The SMILES string of the molecule is C[C@H]1CN(c2cn3c(=O)c4c(nc3c(-c3ccc(Cl)cc3F)n2)COC4)C[C@@H](c2cnn(C3CC3)c2)O1. The Morgan fingerprint density at radius 3 is 2.81 bits per heavy atom. The normalized spacial score (nSPS) is 21.5. The van der Waals surface area contributed by atoms with Gasteiger partial charge in [0.25, 0.3) is 5.56 Å². The Morgan fingerprint density at radius 1 is 1.14 bits per heavy atom. The number of hydrogen-bond acceptors (Lipinski definition) is 7. The van der Waals surface area contributed by atoms with Crippen LogP contribution in [0.2, 0.25) is 5.02 Å². The second-order valence-electron chi connectivity index (χ2n) is 9.93. The predicted octanol–water partition coefficient (Wildman–Crippen LogP) is 4.08. The molecular formula is C26H24ClFN6O3. The third-order valence-electron chi connectivity index (χ3n) is 7.15. The van der Waals surface area contributed by atoms with E-state index in [1.807, 2.05) is 17.8 Å². The largest absolute Gasteiger partial charge is 0.370 e. The second-order valence-corrected chi connectivity index (χ2v) is 10.4. The van der Waals surface area contributed by atoms with Gasteiger partial charge in [0, 0.05) is 28.9 Å². The predicted molar refractivity (Wildman–Crippen MR) is 134 cm³/mol. The maximum Gasteiger partial charge on any atom is 0.263 e. The first-order chi connectivity index (χ1) is 17.9. The molecule has 3 aliphatic rings. The first-order valence-corrected chi connectivity index (χ1v) is 12.7. The van der Waals surface area contributed by atoms with Crippen LogP contribution in [0, 0.1) is 5.82 Å². The van der Waals surface area contributed by atoms with Crippen molar-refractivity contribution < 1.29 is 13.9 Å². The lowest BCUT2D eigenvalue weighted by Gasteiger charge is -2.37. The van der Waals surface area contributed by atoms with E-state index in [-0.39, 0.29) is 52.9 Å². The van der Waals surface area contributed by atoms with E-state index in [9.17, 15) is 4.79 Å². The zero-order valence-corrected chi connectivity index (χ0v) is 20.9. The van der Waals surface area contributed by atoms with E-state index >= 15 is 4.39 Å². The minimum Gasteiger partial charge on any atom is -0.370 e. The zero-order valence-electron chi connectivity index (χ0n) is 20.1. The lowest BCUT2D eigenvalue weighted by Crippen LogP contribution is -2.43. The van der Waals surface area contributed by atoms with E-state index in [0.717, 1.165) is 18.4 Å². The maximum atomic E-state index is 15.1. The van der Waals surface area contributed by atoms with Gasteiger partial charge in [-0.15, -0.1) is 0 Å². The summed E-state index contributed by atoms with van der Waals surface area (Å²) < 4.78 is 30.3. The smallest absolute Gasteiger partial charge is 0.263 e. The molecule has 190 valence electrons. The molecule has 0 amide bonds. The monoisotopic (exact) mass is 522 g/mol. The fourth-order valence-electron chi connectivity index (χ4n) is 5.12. The van der Waals surface area contributed by atoms with Crippen LogP contribution in [-0.4, -0.2) is 43.3 Å². The molecule has 2 fully saturated rings. The van der Waals surface area contributed by atoms with E-state index in [1.165, 1.54) is 10.5 Å². The zero-order chi connectivity index (χ0) is 25.3. The van der Waals surface area contributed by atoms with E-state index in [1.54, 1.807) is 18.3 Å². The van der Waals surface area contributed by atoms with Crippen molar-refractivity contribution >= 4 is 23.1 Å². The Balaban J connectivity index is 1.35. The highest BCUT2D eigenvalue weighted by Crippen LogP contribution is 2.36. The van der Waals surface area contributed by atoms with Crippen molar-refractivity contribution in [1.29, 1.82) is 0 Å². The number of morpholine rings is 1. The molecule has 37 heavy (non-hydrogen) atoms. The molecule has 2 aliphatic heterocycles. The van der Waals surface area contributed by atoms with E-state index in [4.69, 9.17) is 26.1 Å². The van der Waals surface area contributed by atoms with Crippen LogP contribution in [0.3, 0.4) is 0 Å². The molecular weight excluding hydrogens is 499 g/mol. The summed E-state index contributed by atoms with van der Waals surface area (Å²) in [6, 6.07) is 4.89. The van der Waals surface area contributed by atoms with Gasteiger partial charge in [0.05, 0.1) is 55.6 Å². The minimum atomic E-state index is -0.536. The summed E-state index contributed by atoms with van der Waals surface area (Å²) in [5.41, 5.74) is 2.61. The molecule has 0 N–H and O–H groups in total. The average molecular weight is 523 g/mol. The molecule has 4 aromatic rings. The van der Waals surface area contributed by atoms with Crippen LogP contribution >= 0.6 is 11.6 Å². The van der Waals surface area contributed by atoms with Crippen molar-refractivity contribution in [3.8, 4) is 11.3 Å². The first kappa shape index (κ1) is 22.8. The molecule has 1 aromatic carbocycles. The Morgan fingerprint density at radius 2 is 2.00 bits per heavy atom. The van der Waals surface area contributed by atoms with Gasteiger partial charge in [-0.05, 0) is 38.0 Å². The first-order valence-electron chi connectivity index (χ1n) is 12.4. The fraction of sp³-hybridized carbons (Fsp3) is 0.385. The molecule has 9 nitrogen and oxygen atoms in total. The van der Waals surface area contributed by atoms with Gasteiger partial charge in [0.2, 0.25) is 0 Å². The summed E-state index contributed by atoms with van der Waals surface area (Å²) in [5.74, 6) is 0.000102. The third-order valence-corrected chi connectivity index (χ3v) is 7.38. The molecule has 3 aromatic heterocycles. The van der Waals surface area contributed by atoms with Gasteiger partial charge in [-0.25, -0.2) is 14.4 Å². The lowest BCUT2D eigenvalue weighted by atomic mass is 10.1. The highest BCUT2D eigenvalue weighted by Gasteiger charge is 2.32. The number of ether oxygens (including phenoxy) is 2. The lowest BCUT2D eigenvalue weighted by molar-refractivity contribution is -0.0176. The Labute approximate surface area is 216 Å². The standard InChI is InChI=1S/C26H24ClFN6O3/c1-14-8-32(10-22(37-14)15-7-29-34(9-15)17-3-4-17)23-11-33-25(30-21-13-36-12-19(21)26(33)35)24(31-23)18-5-2-16(27)6-20(18)28/h2,5-7,9,11,14,17,22H,3-4,8,10,12-13H2,1H3/t14-,22-/m0/s1. The van der Waals surface area contributed by atoms with Crippen LogP contribution < -0.4 is 10.5 Å². The highest BCUT2D eigenvalue weighted by molar-refractivity contribution is 6.30. The summed E-state index contributed by atoms with van der Waals surface area (Å²) in [7, 11) is 0. The molecule has 5 heterocycles. The summed E-state index contributed by atoms with van der Waals surface area (Å²) in [6.45, 7) is 3.52. The van der Waals surface area contributed by atoms with Crippen molar-refractivity contribution in [2.45, 2.75) is 51.2 Å². The Hall–Kier alpha value is -3.34. The van der Waals surface area contributed by atoms with Gasteiger partial charge in [-0.3, -0.25) is 13.9 Å². The molecule has 1 saturated heterocycles. The quantitative estimate of drug-likeness (QED) is 0.399. The average Bonchev–Trinajstić information content (AvgIpc) is 3.41. The Kier molecular flexibility index (Phi) is 5.31. The molecule has 0 bridgehead atoms. The third kappa shape index (κ3) is 4.00. The molecule has 11 heteroatoms. The number of aromatic nitrogens is 5. The molecule has 0 unspecified atom stereocenters. The summed E-state index contributed by atoms with van der Waals surface area (Å²) in [5, 5.41) is 4.79. The van der Waals surface area contributed by atoms with Gasteiger partial charge < -0.3 is 14.4 Å². The number of halogens is 2. The topological polar surface area (TPSA) is 86.8 Å². The van der Waals surface area contributed by atoms with Crippen LogP contribution in [0.5, 0.6) is 0 Å². The molecule has 1 saturated carbocycles. The van der Waals surface area contributed by atoms with Gasteiger partial charge in [-0.1, -0.05) is 11.6 Å². The number of hydrogen-bond donors (Lipinski definition) is 0. The molecule has 0 radical (unpaired) electrons. The molecule has 0 spiro atoms. The van der Waals surface area contributed by atoms with Gasteiger partial charge in [0.1, 0.15) is 23.4 Å². The number of rotatable bonds is 4. The number of fused-ring (bicyclic) bond motifs is 2. The second kappa shape index (κ2) is 8.61. The van der Waals surface area contributed by atoms with Crippen molar-refractivity contribution in [3.63, 3.8) is 0 Å². The Bertz CT molecular complexity index is 1600. The number of benzene rings is 1. The maximum absolute atomic E-state index is 15.1.